The lowest BCUT2D eigenvalue weighted by Gasteiger charge is -2.07. The molecule has 0 spiro atoms. The van der Waals surface area contributed by atoms with Crippen LogP contribution >= 0.6 is 11.6 Å². The lowest BCUT2D eigenvalue weighted by atomic mass is 10.1. The quantitative estimate of drug-likeness (QED) is 0.461. The Hall–Kier alpha value is -1.30. The molecule has 1 heterocycles. The second-order valence-corrected chi connectivity index (χ2v) is 3.09. The first kappa shape index (κ1) is 11.8. The number of aryl methyl sites for hydroxylation is 1. The van der Waals surface area contributed by atoms with E-state index in [1.54, 1.807) is 0 Å². The molecule has 0 unspecified atom stereocenters. The fourth-order valence-corrected chi connectivity index (χ4v) is 1.45. The third kappa shape index (κ3) is 2.20. The van der Waals surface area contributed by atoms with Crippen molar-refractivity contribution in [3.8, 4) is 0 Å². The van der Waals surface area contributed by atoms with Crippen molar-refractivity contribution in [2.24, 2.45) is 0 Å². The van der Waals surface area contributed by atoms with Crippen LogP contribution < -0.4 is 0 Å². The van der Waals surface area contributed by atoms with Crippen molar-refractivity contribution in [3.05, 3.63) is 33.1 Å². The van der Waals surface area contributed by atoms with E-state index in [1.165, 1.54) is 6.92 Å². The summed E-state index contributed by atoms with van der Waals surface area (Å²) in [7, 11) is 0. The maximum atomic E-state index is 12.6. The number of halogens is 3. The predicted molar refractivity (Wildman–Crippen MR) is 50.1 cm³/mol. The lowest BCUT2D eigenvalue weighted by molar-refractivity contribution is -0.387. The molecule has 0 radical (unpaired) electrons. The molecule has 1 aromatic heterocycles. The molecular formula is C8H7ClF2N2O2. The van der Waals surface area contributed by atoms with Crippen LogP contribution in [0.1, 0.15) is 23.2 Å². The highest BCUT2D eigenvalue weighted by Gasteiger charge is 2.28. The van der Waals surface area contributed by atoms with E-state index in [4.69, 9.17) is 11.6 Å². The summed E-state index contributed by atoms with van der Waals surface area (Å²) < 4.78 is 25.2. The Labute approximate surface area is 89.0 Å². The van der Waals surface area contributed by atoms with Gasteiger partial charge in [-0.05, 0) is 6.92 Å². The molecule has 0 atom stereocenters. The molecule has 0 aliphatic heterocycles. The number of nitrogens with zero attached hydrogens (tertiary/aromatic N) is 2. The lowest BCUT2D eigenvalue weighted by Crippen LogP contribution is -2.04. The number of hydrogen-bond acceptors (Lipinski definition) is 3. The molecular weight excluding hydrogens is 230 g/mol. The van der Waals surface area contributed by atoms with Gasteiger partial charge in [0.2, 0.25) is 0 Å². The number of nitro groups is 1. The van der Waals surface area contributed by atoms with Gasteiger partial charge in [0.1, 0.15) is 11.3 Å². The van der Waals surface area contributed by atoms with Crippen LogP contribution in [0, 0.1) is 17.0 Å². The van der Waals surface area contributed by atoms with E-state index in [0.29, 0.717) is 0 Å². The summed E-state index contributed by atoms with van der Waals surface area (Å²) in [6.45, 7) is 1.31. The van der Waals surface area contributed by atoms with Gasteiger partial charge < -0.3 is 0 Å². The average molecular weight is 237 g/mol. The van der Waals surface area contributed by atoms with Gasteiger partial charge in [-0.15, -0.1) is 11.6 Å². The molecule has 0 aromatic carbocycles. The summed E-state index contributed by atoms with van der Waals surface area (Å²) in [6.07, 6.45) is -1.79. The molecule has 7 heteroatoms. The fourth-order valence-electron chi connectivity index (χ4n) is 1.23. The molecule has 1 aromatic rings. The standard InChI is InChI=1S/C8H7ClF2N2O2/c1-4-7(13(14)15)6(8(10)11)5(2-9)3-12-4/h3,8H,2H2,1H3. The molecule has 0 bridgehead atoms. The third-order valence-corrected chi connectivity index (χ3v) is 2.19. The van der Waals surface area contributed by atoms with Crippen LogP contribution in [0.5, 0.6) is 0 Å². The van der Waals surface area contributed by atoms with Crippen molar-refractivity contribution >= 4 is 17.3 Å². The van der Waals surface area contributed by atoms with Crippen molar-refractivity contribution in [2.45, 2.75) is 19.2 Å². The molecule has 0 saturated carbocycles. The van der Waals surface area contributed by atoms with Crippen LogP contribution in [0.25, 0.3) is 0 Å². The summed E-state index contributed by atoms with van der Waals surface area (Å²) >= 11 is 5.41. The minimum Gasteiger partial charge on any atom is -0.258 e. The zero-order chi connectivity index (χ0) is 11.6. The number of hydrogen-bond donors (Lipinski definition) is 0. The van der Waals surface area contributed by atoms with E-state index in [9.17, 15) is 18.9 Å². The highest BCUT2D eigenvalue weighted by atomic mass is 35.5. The molecule has 0 N–H and O–H groups in total. The van der Waals surface area contributed by atoms with Crippen LogP contribution in [0.2, 0.25) is 0 Å². The van der Waals surface area contributed by atoms with E-state index < -0.39 is 22.6 Å². The molecule has 0 saturated heterocycles. The Morgan fingerprint density at radius 2 is 2.27 bits per heavy atom. The molecule has 0 aliphatic carbocycles. The number of aromatic nitrogens is 1. The van der Waals surface area contributed by atoms with Crippen molar-refractivity contribution in [1.29, 1.82) is 0 Å². The SMILES string of the molecule is Cc1ncc(CCl)c(C(F)F)c1[N+](=O)[O-]. The Kier molecular flexibility index (Phi) is 3.52. The first-order valence-electron chi connectivity index (χ1n) is 3.96. The van der Waals surface area contributed by atoms with E-state index in [2.05, 4.69) is 4.98 Å². The van der Waals surface area contributed by atoms with E-state index in [0.717, 1.165) is 6.20 Å². The van der Waals surface area contributed by atoms with Gasteiger partial charge in [0.15, 0.2) is 0 Å². The largest absolute Gasteiger partial charge is 0.299 e. The monoisotopic (exact) mass is 236 g/mol. The molecule has 0 aliphatic rings. The summed E-state index contributed by atoms with van der Waals surface area (Å²) in [5.74, 6) is -0.228. The topological polar surface area (TPSA) is 56.0 Å². The predicted octanol–water partition coefficient (Wildman–Crippen LogP) is 2.97. The van der Waals surface area contributed by atoms with Gasteiger partial charge in [-0.2, -0.15) is 0 Å². The second kappa shape index (κ2) is 4.48. The Balaban J connectivity index is 3.51. The van der Waals surface area contributed by atoms with Crippen molar-refractivity contribution in [1.82, 2.24) is 4.98 Å². The van der Waals surface area contributed by atoms with Crippen molar-refractivity contribution < 1.29 is 13.7 Å². The Morgan fingerprint density at radius 1 is 1.67 bits per heavy atom. The minimum absolute atomic E-state index is 0.0102. The van der Waals surface area contributed by atoms with Gasteiger partial charge in [-0.3, -0.25) is 15.1 Å². The normalized spacial score (nSPS) is 10.7. The highest BCUT2D eigenvalue weighted by Crippen LogP contribution is 2.34. The third-order valence-electron chi connectivity index (χ3n) is 1.90. The zero-order valence-electron chi connectivity index (χ0n) is 7.71. The van der Waals surface area contributed by atoms with Gasteiger partial charge in [-0.25, -0.2) is 8.78 Å². The summed E-state index contributed by atoms with van der Waals surface area (Å²) in [5, 5.41) is 10.6. The van der Waals surface area contributed by atoms with E-state index >= 15 is 0 Å². The zero-order valence-corrected chi connectivity index (χ0v) is 8.46. The maximum absolute atomic E-state index is 12.6. The van der Waals surface area contributed by atoms with Gasteiger partial charge in [0.25, 0.3) is 12.1 Å². The molecule has 15 heavy (non-hydrogen) atoms. The minimum atomic E-state index is -2.93. The van der Waals surface area contributed by atoms with Crippen LogP contribution in [-0.2, 0) is 5.88 Å². The van der Waals surface area contributed by atoms with Crippen molar-refractivity contribution in [2.75, 3.05) is 0 Å². The Morgan fingerprint density at radius 3 is 2.67 bits per heavy atom. The highest BCUT2D eigenvalue weighted by molar-refractivity contribution is 6.17. The van der Waals surface area contributed by atoms with Crippen LogP contribution in [0.15, 0.2) is 6.20 Å². The van der Waals surface area contributed by atoms with E-state index in [-0.39, 0.29) is 17.1 Å². The number of rotatable bonds is 3. The van der Waals surface area contributed by atoms with Crippen LogP contribution in [-0.4, -0.2) is 9.91 Å². The summed E-state index contributed by atoms with van der Waals surface area (Å²) in [6, 6.07) is 0. The van der Waals surface area contributed by atoms with Gasteiger partial charge in [0.05, 0.1) is 4.92 Å². The molecule has 4 nitrogen and oxygen atoms in total. The summed E-state index contributed by atoms with van der Waals surface area (Å²) in [5.41, 5.74) is -1.33. The smallest absolute Gasteiger partial charge is 0.258 e. The van der Waals surface area contributed by atoms with Gasteiger partial charge in [-0.1, -0.05) is 0 Å². The second-order valence-electron chi connectivity index (χ2n) is 2.82. The van der Waals surface area contributed by atoms with Gasteiger partial charge >= 0.3 is 0 Å². The number of pyridine rings is 1. The van der Waals surface area contributed by atoms with Gasteiger partial charge in [0, 0.05) is 17.6 Å². The molecule has 82 valence electrons. The van der Waals surface area contributed by atoms with Crippen LogP contribution in [0.4, 0.5) is 14.5 Å². The average Bonchev–Trinajstić information content (AvgIpc) is 2.16. The maximum Gasteiger partial charge on any atom is 0.299 e. The number of alkyl halides is 3. The van der Waals surface area contributed by atoms with Crippen molar-refractivity contribution in [3.63, 3.8) is 0 Å². The molecule has 1 rings (SSSR count). The first-order valence-corrected chi connectivity index (χ1v) is 4.49. The molecule has 0 amide bonds. The van der Waals surface area contributed by atoms with Crippen LogP contribution in [0.3, 0.4) is 0 Å². The van der Waals surface area contributed by atoms with E-state index in [1.807, 2.05) is 0 Å². The fraction of sp³-hybridized carbons (Fsp3) is 0.375. The molecule has 0 fully saturated rings. The Bertz CT molecular complexity index is 398. The first-order chi connectivity index (χ1) is 6.99. The summed E-state index contributed by atoms with van der Waals surface area (Å²) in [4.78, 5) is 13.4.